The Morgan fingerprint density at radius 2 is 1.72 bits per heavy atom. The number of nitrogens with one attached hydrogen (secondary N) is 1. The average molecular weight is 682 g/mol. The molecule has 0 spiro atoms. The fourth-order valence-electron chi connectivity index (χ4n) is 7.90. The zero-order valence-electron chi connectivity index (χ0n) is 26.1. The number of Topliss-reactive ketones (excluding diaryl/α,β-unsaturated/α-hetero) is 1. The van der Waals surface area contributed by atoms with Gasteiger partial charge in [0.15, 0.2) is 0 Å². The fraction of sp³-hybridized carbons (Fsp3) is 0.750. The molecule has 0 bridgehead atoms. The molecule has 0 saturated heterocycles. The number of rotatable bonds is 13. The van der Waals surface area contributed by atoms with Gasteiger partial charge in [0.25, 0.3) is 0 Å². The van der Waals surface area contributed by atoms with Crippen LogP contribution in [0.3, 0.4) is 0 Å². The molecule has 6 atom stereocenters. The molecule has 4 rings (SSSR count). The summed E-state index contributed by atoms with van der Waals surface area (Å²) in [5.41, 5.74) is 0.692. The number of carbonyl (C=O) groups is 2. The van der Waals surface area contributed by atoms with Gasteiger partial charge in [0.2, 0.25) is 0 Å². The first kappa shape index (κ1) is 36.7. The van der Waals surface area contributed by atoms with Crippen LogP contribution in [-0.2, 0) is 22.0 Å². The van der Waals surface area contributed by atoms with E-state index in [9.17, 15) is 51.1 Å². The second-order valence-corrected chi connectivity index (χ2v) is 15.3. The lowest BCUT2D eigenvalue weighted by atomic mass is 9.52. The summed E-state index contributed by atoms with van der Waals surface area (Å²) in [5.74, 6) is -3.79. The molecule has 260 valence electrons. The van der Waals surface area contributed by atoms with Gasteiger partial charge in [-0.1, -0.05) is 13.0 Å². The maximum Gasteiger partial charge on any atom is 0.453 e. The van der Waals surface area contributed by atoms with Gasteiger partial charge in [0.1, 0.15) is 17.1 Å². The number of hydrogen-bond acceptors (Lipinski definition) is 7. The Bertz CT molecular complexity index is 1300. The standard InChI is InChI=1S/C32H44F5NO7S/c1-19-13-23-21(15-25(19)45-28(43)38-30(16-39,17-40)18-41)14-20(27-22(23)8-10-29(2)24(27)6-7-26(29)42)5-3-11-46(44)12-4-9-31(33,34)32(35,36)37/h13,15,20,22,24,27,39-41H,3-12,14,16-18H2,1-2H3,(H,38,43)/t20-,22-,24+,27-,29+,46?/m1/s1. The smallest absolute Gasteiger partial charge is 0.410 e. The number of halogens is 5. The van der Waals surface area contributed by atoms with E-state index in [-0.39, 0.29) is 46.7 Å². The van der Waals surface area contributed by atoms with E-state index in [1.165, 1.54) is 0 Å². The molecule has 0 aliphatic heterocycles. The third kappa shape index (κ3) is 7.44. The number of carbonyl (C=O) groups excluding carboxylic acids is 2. The molecule has 1 amide bonds. The minimum absolute atomic E-state index is 0.0785. The highest BCUT2D eigenvalue weighted by molar-refractivity contribution is 7.84. The van der Waals surface area contributed by atoms with E-state index in [0.717, 1.165) is 30.4 Å². The summed E-state index contributed by atoms with van der Waals surface area (Å²) in [6.45, 7) is 1.71. The molecule has 1 aromatic carbocycles. The Hall–Kier alpha value is -2.16. The quantitative estimate of drug-likeness (QED) is 0.217. The van der Waals surface area contributed by atoms with Gasteiger partial charge in [-0.15, -0.1) is 0 Å². The third-order valence-corrected chi connectivity index (χ3v) is 12.1. The maximum atomic E-state index is 13.3. The molecule has 1 unspecified atom stereocenters. The molecule has 3 aliphatic rings. The number of hydrogen-bond donors (Lipinski definition) is 4. The number of alkyl halides is 5. The largest absolute Gasteiger partial charge is 0.453 e. The number of benzene rings is 1. The number of ether oxygens (including phenoxy) is 1. The van der Waals surface area contributed by atoms with Crippen LogP contribution in [0.4, 0.5) is 26.7 Å². The second-order valence-electron chi connectivity index (χ2n) is 13.6. The molecule has 0 aromatic heterocycles. The van der Waals surface area contributed by atoms with E-state index in [0.29, 0.717) is 31.2 Å². The van der Waals surface area contributed by atoms with Crippen LogP contribution in [0.15, 0.2) is 12.1 Å². The summed E-state index contributed by atoms with van der Waals surface area (Å²) < 4.78 is 82.0. The van der Waals surface area contributed by atoms with Crippen molar-refractivity contribution in [1.82, 2.24) is 5.32 Å². The zero-order valence-corrected chi connectivity index (χ0v) is 27.0. The van der Waals surface area contributed by atoms with Crippen molar-refractivity contribution < 1.29 is 55.8 Å². The number of amides is 1. The monoisotopic (exact) mass is 681 g/mol. The van der Waals surface area contributed by atoms with Crippen molar-refractivity contribution >= 4 is 22.7 Å². The summed E-state index contributed by atoms with van der Waals surface area (Å²) >= 11 is 0. The van der Waals surface area contributed by atoms with Gasteiger partial charge in [0.05, 0.1) is 19.8 Å². The van der Waals surface area contributed by atoms with E-state index < -0.39 is 72.6 Å². The maximum absolute atomic E-state index is 13.3. The van der Waals surface area contributed by atoms with Gasteiger partial charge in [-0.25, -0.2) is 4.79 Å². The molecular weight excluding hydrogens is 637 g/mol. The number of ketones is 1. The van der Waals surface area contributed by atoms with Crippen molar-refractivity contribution in [3.8, 4) is 5.75 Å². The van der Waals surface area contributed by atoms with E-state index in [1.807, 2.05) is 13.0 Å². The van der Waals surface area contributed by atoms with E-state index >= 15 is 0 Å². The van der Waals surface area contributed by atoms with Crippen LogP contribution in [0, 0.1) is 30.1 Å². The number of fused-ring (bicyclic) bond motifs is 5. The van der Waals surface area contributed by atoms with Crippen LogP contribution in [0.5, 0.6) is 5.75 Å². The minimum Gasteiger partial charge on any atom is -0.410 e. The van der Waals surface area contributed by atoms with Crippen LogP contribution in [0.2, 0.25) is 0 Å². The predicted octanol–water partition coefficient (Wildman–Crippen LogP) is 4.96. The summed E-state index contributed by atoms with van der Waals surface area (Å²) in [4.78, 5) is 25.7. The third-order valence-electron chi connectivity index (χ3n) is 10.6. The van der Waals surface area contributed by atoms with Gasteiger partial charge in [-0.2, -0.15) is 22.0 Å². The molecule has 2 saturated carbocycles. The second kappa shape index (κ2) is 14.1. The van der Waals surface area contributed by atoms with Gasteiger partial charge in [-0.05, 0) is 98.3 Å². The summed E-state index contributed by atoms with van der Waals surface area (Å²) in [5, 5.41) is 31.0. The van der Waals surface area contributed by atoms with Crippen molar-refractivity contribution in [2.45, 2.75) is 95.2 Å². The lowest BCUT2D eigenvalue weighted by molar-refractivity contribution is -0.284. The van der Waals surface area contributed by atoms with Gasteiger partial charge < -0.3 is 25.4 Å². The molecule has 3 aliphatic carbocycles. The average Bonchev–Trinajstić information content (AvgIpc) is 3.29. The van der Waals surface area contributed by atoms with E-state index in [1.54, 1.807) is 13.0 Å². The molecule has 0 heterocycles. The fourth-order valence-corrected chi connectivity index (χ4v) is 9.06. The molecule has 46 heavy (non-hydrogen) atoms. The van der Waals surface area contributed by atoms with E-state index in [4.69, 9.17) is 4.74 Å². The normalized spacial score (nSPS) is 27.0. The van der Waals surface area contributed by atoms with Crippen molar-refractivity contribution in [2.75, 3.05) is 31.3 Å². The Morgan fingerprint density at radius 1 is 1.07 bits per heavy atom. The van der Waals surface area contributed by atoms with Gasteiger partial charge >= 0.3 is 18.2 Å². The topological polar surface area (TPSA) is 133 Å². The zero-order chi connectivity index (χ0) is 34.1. The highest BCUT2D eigenvalue weighted by Gasteiger charge is 2.57. The Labute approximate surface area is 267 Å². The van der Waals surface area contributed by atoms with E-state index in [2.05, 4.69) is 5.32 Å². The lowest BCUT2D eigenvalue weighted by Crippen LogP contribution is -2.57. The summed E-state index contributed by atoms with van der Waals surface area (Å²) in [7, 11) is -1.56. The summed E-state index contributed by atoms with van der Waals surface area (Å²) in [6, 6.07) is 3.78. The Kier molecular flexibility index (Phi) is 11.3. The van der Waals surface area contributed by atoms with Crippen molar-refractivity contribution in [1.29, 1.82) is 0 Å². The van der Waals surface area contributed by atoms with Gasteiger partial charge in [0, 0.05) is 40.6 Å². The number of aliphatic hydroxyl groups is 3. The van der Waals surface area contributed by atoms with Gasteiger partial charge in [-0.3, -0.25) is 9.00 Å². The Balaban J connectivity index is 1.50. The highest BCUT2D eigenvalue weighted by Crippen LogP contribution is 2.61. The summed E-state index contributed by atoms with van der Waals surface area (Å²) in [6.07, 6.45) is -3.95. The molecule has 2 fully saturated rings. The first-order valence-electron chi connectivity index (χ1n) is 15.8. The molecule has 8 nitrogen and oxygen atoms in total. The SMILES string of the molecule is Cc1cc2c(cc1OC(=O)NC(CO)(CO)CO)C[C@@H](CCCS(=O)CCCC(F)(F)C(F)(F)F)[C@@H]1[C@@H]2CC[C@]2(C)C(=O)CC[C@@H]12. The molecular formula is C32H44F5NO7S. The molecule has 1 aromatic rings. The molecule has 4 N–H and O–H groups in total. The predicted molar refractivity (Wildman–Crippen MR) is 160 cm³/mol. The van der Waals surface area contributed by atoms with Crippen molar-refractivity contribution in [3.63, 3.8) is 0 Å². The molecule has 0 radical (unpaired) electrons. The number of aliphatic hydroxyl groups excluding tert-OH is 3. The first-order valence-corrected chi connectivity index (χ1v) is 17.3. The minimum atomic E-state index is -5.63. The van der Waals surface area contributed by atoms with Crippen LogP contribution < -0.4 is 10.1 Å². The Morgan fingerprint density at radius 3 is 2.35 bits per heavy atom. The first-order chi connectivity index (χ1) is 21.5. The molecule has 14 heteroatoms. The van der Waals surface area contributed by atoms with Crippen LogP contribution in [-0.4, -0.2) is 80.4 Å². The van der Waals surface area contributed by atoms with Crippen LogP contribution >= 0.6 is 0 Å². The highest BCUT2D eigenvalue weighted by atomic mass is 32.2. The van der Waals surface area contributed by atoms with Crippen molar-refractivity contribution in [2.24, 2.45) is 23.2 Å². The lowest BCUT2D eigenvalue weighted by Gasteiger charge is -2.52. The van der Waals surface area contributed by atoms with Crippen LogP contribution in [0.1, 0.15) is 80.9 Å². The van der Waals surface area contributed by atoms with Crippen LogP contribution in [0.25, 0.3) is 0 Å². The van der Waals surface area contributed by atoms with Crippen molar-refractivity contribution in [3.05, 3.63) is 28.8 Å². The number of aryl methyl sites for hydroxylation is 1.